The molecule has 16 heavy (non-hydrogen) atoms. The van der Waals surface area contributed by atoms with Crippen LogP contribution in [0.5, 0.6) is 0 Å². The molecule has 0 aliphatic heterocycles. The van der Waals surface area contributed by atoms with Crippen molar-refractivity contribution in [2.75, 3.05) is 18.1 Å². The van der Waals surface area contributed by atoms with Gasteiger partial charge < -0.3 is 10.4 Å². The summed E-state index contributed by atoms with van der Waals surface area (Å²) in [7, 11) is 0. The predicted octanol–water partition coefficient (Wildman–Crippen LogP) is 1.72. The maximum atomic E-state index is 10.6. The molecule has 1 aromatic heterocycles. The lowest BCUT2D eigenvalue weighted by Crippen LogP contribution is -2.14. The summed E-state index contributed by atoms with van der Waals surface area (Å²) in [5.41, 5.74) is 0. The Labute approximate surface area is 98.7 Å². The molecule has 1 heterocycles. The number of aromatic nitrogens is 2. The monoisotopic (exact) mass is 241 g/mol. The van der Waals surface area contributed by atoms with Crippen LogP contribution < -0.4 is 5.32 Å². The average molecular weight is 241 g/mol. The first kappa shape index (κ1) is 12.8. The van der Waals surface area contributed by atoms with Crippen LogP contribution in [0.4, 0.5) is 5.82 Å². The Kier molecular flexibility index (Phi) is 5.04. The molecule has 1 atom stereocenters. The van der Waals surface area contributed by atoms with E-state index in [-0.39, 0.29) is 5.92 Å². The van der Waals surface area contributed by atoms with Gasteiger partial charge in [-0.25, -0.2) is 9.97 Å². The maximum Gasteiger partial charge on any atom is 0.306 e. The second-order valence-electron chi connectivity index (χ2n) is 3.40. The molecule has 5 nitrogen and oxygen atoms in total. The molecule has 88 valence electrons. The molecule has 1 aromatic rings. The van der Waals surface area contributed by atoms with Crippen LogP contribution in [0.2, 0.25) is 0 Å². The van der Waals surface area contributed by atoms with Gasteiger partial charge in [0.1, 0.15) is 17.2 Å². The Bertz CT molecular complexity index is 360. The number of carboxylic acids is 1. The van der Waals surface area contributed by atoms with Gasteiger partial charge in [-0.1, -0.05) is 6.92 Å². The molecule has 0 aliphatic carbocycles. The van der Waals surface area contributed by atoms with Crippen LogP contribution in [0.15, 0.2) is 17.4 Å². The van der Waals surface area contributed by atoms with Gasteiger partial charge in [0, 0.05) is 12.6 Å². The Hall–Kier alpha value is -1.30. The second-order valence-corrected chi connectivity index (χ2v) is 4.23. The third-order valence-electron chi connectivity index (χ3n) is 2.16. The fourth-order valence-corrected chi connectivity index (χ4v) is 1.47. The molecule has 0 radical (unpaired) electrons. The molecule has 0 bridgehead atoms. The van der Waals surface area contributed by atoms with E-state index in [0.717, 1.165) is 10.8 Å². The van der Waals surface area contributed by atoms with Crippen LogP contribution in [0.1, 0.15) is 13.3 Å². The van der Waals surface area contributed by atoms with Gasteiger partial charge in [-0.15, -0.1) is 11.8 Å². The zero-order chi connectivity index (χ0) is 12.0. The van der Waals surface area contributed by atoms with E-state index in [0.29, 0.717) is 13.0 Å². The molecule has 6 heteroatoms. The number of rotatable bonds is 6. The molecule has 0 aliphatic rings. The molecule has 0 spiro atoms. The fraction of sp³-hybridized carbons (Fsp3) is 0.500. The molecule has 1 rings (SSSR count). The van der Waals surface area contributed by atoms with Crippen LogP contribution in [0, 0.1) is 5.92 Å². The number of aliphatic carboxylic acids is 1. The number of thioether (sulfide) groups is 1. The van der Waals surface area contributed by atoms with Gasteiger partial charge >= 0.3 is 5.97 Å². The Morgan fingerprint density at radius 3 is 3.00 bits per heavy atom. The molecular formula is C10H15N3O2S. The summed E-state index contributed by atoms with van der Waals surface area (Å²) in [6.07, 6.45) is 4.02. The SMILES string of the molecule is CSc1cc(NCCC(C)C(=O)O)ncn1. The van der Waals surface area contributed by atoms with Gasteiger partial charge in [0.25, 0.3) is 0 Å². The molecule has 0 amide bonds. The van der Waals surface area contributed by atoms with Crippen molar-refractivity contribution < 1.29 is 9.90 Å². The lowest BCUT2D eigenvalue weighted by molar-refractivity contribution is -0.141. The van der Waals surface area contributed by atoms with E-state index in [1.807, 2.05) is 12.3 Å². The van der Waals surface area contributed by atoms with E-state index in [2.05, 4.69) is 15.3 Å². The van der Waals surface area contributed by atoms with E-state index in [9.17, 15) is 4.79 Å². The van der Waals surface area contributed by atoms with E-state index in [1.54, 1.807) is 18.7 Å². The number of carboxylic acid groups (broad SMARTS) is 1. The standard InChI is InChI=1S/C10H15N3O2S/c1-7(10(14)15)3-4-11-8-5-9(16-2)13-6-12-8/h5-7H,3-4H2,1-2H3,(H,14,15)(H,11,12,13). The third kappa shape index (κ3) is 4.06. The molecule has 0 saturated heterocycles. The molecular weight excluding hydrogens is 226 g/mol. The highest BCUT2D eigenvalue weighted by atomic mass is 32.2. The summed E-state index contributed by atoms with van der Waals surface area (Å²) < 4.78 is 0. The number of nitrogens with zero attached hydrogens (tertiary/aromatic N) is 2. The van der Waals surface area contributed by atoms with Gasteiger partial charge in [0.15, 0.2) is 0 Å². The molecule has 0 fully saturated rings. The minimum Gasteiger partial charge on any atom is -0.481 e. The van der Waals surface area contributed by atoms with Crippen LogP contribution in [0.25, 0.3) is 0 Å². The quantitative estimate of drug-likeness (QED) is 0.583. The van der Waals surface area contributed by atoms with Crippen molar-refractivity contribution in [2.24, 2.45) is 5.92 Å². The summed E-state index contributed by atoms with van der Waals surface area (Å²) in [5.74, 6) is -0.374. The Morgan fingerprint density at radius 2 is 2.38 bits per heavy atom. The van der Waals surface area contributed by atoms with Gasteiger partial charge in [0.2, 0.25) is 0 Å². The van der Waals surface area contributed by atoms with Crippen molar-refractivity contribution in [3.05, 3.63) is 12.4 Å². The second kappa shape index (κ2) is 6.32. The first-order valence-electron chi connectivity index (χ1n) is 4.96. The summed E-state index contributed by atoms with van der Waals surface area (Å²) in [4.78, 5) is 18.7. The predicted molar refractivity (Wildman–Crippen MR) is 63.7 cm³/mol. The highest BCUT2D eigenvalue weighted by Gasteiger charge is 2.09. The van der Waals surface area contributed by atoms with E-state index in [1.165, 1.54) is 6.33 Å². The number of nitrogens with one attached hydrogen (secondary N) is 1. The highest BCUT2D eigenvalue weighted by Crippen LogP contribution is 2.13. The van der Waals surface area contributed by atoms with Crippen LogP contribution in [0.3, 0.4) is 0 Å². The molecule has 2 N–H and O–H groups in total. The smallest absolute Gasteiger partial charge is 0.306 e. The Morgan fingerprint density at radius 1 is 1.62 bits per heavy atom. The van der Waals surface area contributed by atoms with Crippen molar-refractivity contribution in [2.45, 2.75) is 18.4 Å². The summed E-state index contributed by atoms with van der Waals surface area (Å²) in [5, 5.41) is 12.7. The first-order chi connectivity index (χ1) is 7.63. The van der Waals surface area contributed by atoms with Gasteiger partial charge in [0.05, 0.1) is 5.92 Å². The summed E-state index contributed by atoms with van der Waals surface area (Å²) in [6, 6.07) is 1.84. The van der Waals surface area contributed by atoms with Crippen molar-refractivity contribution >= 4 is 23.5 Å². The van der Waals surface area contributed by atoms with E-state index < -0.39 is 5.97 Å². The molecule has 0 saturated carbocycles. The fourth-order valence-electron chi connectivity index (χ4n) is 1.09. The number of anilines is 1. The summed E-state index contributed by atoms with van der Waals surface area (Å²) in [6.45, 7) is 2.29. The first-order valence-corrected chi connectivity index (χ1v) is 6.18. The largest absolute Gasteiger partial charge is 0.481 e. The maximum absolute atomic E-state index is 10.6. The Balaban J connectivity index is 2.39. The lowest BCUT2D eigenvalue weighted by atomic mass is 10.1. The van der Waals surface area contributed by atoms with Crippen molar-refractivity contribution in [1.29, 1.82) is 0 Å². The topological polar surface area (TPSA) is 75.1 Å². The summed E-state index contributed by atoms with van der Waals surface area (Å²) >= 11 is 1.54. The van der Waals surface area contributed by atoms with Crippen molar-refractivity contribution in [3.8, 4) is 0 Å². The molecule has 1 unspecified atom stereocenters. The average Bonchev–Trinajstić information content (AvgIpc) is 2.29. The van der Waals surface area contributed by atoms with Gasteiger partial charge in [-0.3, -0.25) is 4.79 Å². The lowest BCUT2D eigenvalue weighted by Gasteiger charge is -2.08. The minimum absolute atomic E-state index is 0.339. The van der Waals surface area contributed by atoms with E-state index in [4.69, 9.17) is 5.11 Å². The minimum atomic E-state index is -0.769. The van der Waals surface area contributed by atoms with Gasteiger partial charge in [-0.05, 0) is 12.7 Å². The zero-order valence-corrected chi connectivity index (χ0v) is 10.1. The third-order valence-corrected chi connectivity index (χ3v) is 2.80. The van der Waals surface area contributed by atoms with Crippen molar-refractivity contribution in [1.82, 2.24) is 9.97 Å². The van der Waals surface area contributed by atoms with Crippen molar-refractivity contribution in [3.63, 3.8) is 0 Å². The van der Waals surface area contributed by atoms with Crippen LogP contribution in [-0.2, 0) is 4.79 Å². The van der Waals surface area contributed by atoms with E-state index >= 15 is 0 Å². The van der Waals surface area contributed by atoms with Gasteiger partial charge in [-0.2, -0.15) is 0 Å². The zero-order valence-electron chi connectivity index (χ0n) is 9.30. The van der Waals surface area contributed by atoms with Crippen LogP contribution >= 0.6 is 11.8 Å². The highest BCUT2D eigenvalue weighted by molar-refractivity contribution is 7.98. The van der Waals surface area contributed by atoms with Crippen LogP contribution in [-0.4, -0.2) is 33.8 Å². The molecule has 0 aromatic carbocycles. The number of carbonyl (C=O) groups is 1. The number of hydrogen-bond donors (Lipinski definition) is 2. The number of hydrogen-bond acceptors (Lipinski definition) is 5. The normalized spacial score (nSPS) is 12.1.